The number of pyridine rings is 1. The third kappa shape index (κ3) is 2.90. The number of nitrogens with zero attached hydrogens (tertiary/aromatic N) is 1. The number of aromatic nitrogens is 1. The molecule has 5 heteroatoms. The zero-order valence-corrected chi connectivity index (χ0v) is 11.5. The minimum absolute atomic E-state index is 0.0386. The van der Waals surface area contributed by atoms with E-state index in [0.717, 1.165) is 6.42 Å². The summed E-state index contributed by atoms with van der Waals surface area (Å²) < 4.78 is 0. The predicted octanol–water partition coefficient (Wildman–Crippen LogP) is 2.59. The minimum atomic E-state index is -0.0694. The van der Waals surface area contributed by atoms with Crippen molar-refractivity contribution in [2.75, 3.05) is 5.32 Å². The summed E-state index contributed by atoms with van der Waals surface area (Å²) in [5, 5.41) is 6.77. The molecule has 0 aromatic carbocycles. The Bertz CT molecular complexity index is 466. The average Bonchev–Trinajstić information content (AvgIpc) is 2.82. The molecule has 3 rings (SSSR count). The molecule has 1 amide bonds. The number of rotatable bonds is 2. The van der Waals surface area contributed by atoms with Gasteiger partial charge in [0.25, 0.3) is 0 Å². The highest BCUT2D eigenvalue weighted by Gasteiger charge is 2.38. The molecule has 0 spiro atoms. The van der Waals surface area contributed by atoms with Gasteiger partial charge in [-0.15, -0.1) is 0 Å². The molecular formula is C14H18ClN3O. The van der Waals surface area contributed by atoms with Gasteiger partial charge in [-0.05, 0) is 37.3 Å². The number of carbonyl (C=O) groups is 1. The quantitative estimate of drug-likeness (QED) is 0.818. The fraction of sp³-hybridized carbons (Fsp3) is 0.571. The lowest BCUT2D eigenvalue weighted by molar-refractivity contribution is -0.117. The van der Waals surface area contributed by atoms with Crippen molar-refractivity contribution in [3.05, 3.63) is 23.5 Å². The smallest absolute Gasteiger partial charge is 0.241 e. The highest BCUT2D eigenvalue weighted by molar-refractivity contribution is 6.29. The Morgan fingerprint density at radius 1 is 1.42 bits per heavy atom. The number of anilines is 1. The number of carbonyl (C=O) groups excluding carboxylic acids is 1. The maximum Gasteiger partial charge on any atom is 0.241 e. The zero-order valence-electron chi connectivity index (χ0n) is 10.7. The second-order valence-electron chi connectivity index (χ2n) is 5.46. The van der Waals surface area contributed by atoms with Crippen LogP contribution in [-0.4, -0.2) is 23.0 Å². The van der Waals surface area contributed by atoms with E-state index in [1.807, 2.05) is 0 Å². The van der Waals surface area contributed by atoms with Crippen LogP contribution in [0.25, 0.3) is 0 Å². The van der Waals surface area contributed by atoms with E-state index in [1.54, 1.807) is 18.3 Å². The lowest BCUT2D eigenvalue weighted by atomic mass is 9.85. The van der Waals surface area contributed by atoms with E-state index in [4.69, 9.17) is 11.6 Å². The van der Waals surface area contributed by atoms with Crippen LogP contribution in [0.3, 0.4) is 0 Å². The average molecular weight is 280 g/mol. The van der Waals surface area contributed by atoms with Gasteiger partial charge in [-0.1, -0.05) is 24.4 Å². The summed E-state index contributed by atoms with van der Waals surface area (Å²) in [6, 6.07) is 3.89. The maximum atomic E-state index is 12.2. The van der Waals surface area contributed by atoms with Gasteiger partial charge in [0.2, 0.25) is 5.91 Å². The Balaban J connectivity index is 1.62. The molecule has 1 aromatic rings. The number of halogens is 1. The molecule has 1 saturated carbocycles. The van der Waals surface area contributed by atoms with E-state index in [2.05, 4.69) is 15.6 Å². The molecule has 4 nitrogen and oxygen atoms in total. The number of nitrogens with one attached hydrogen (secondary N) is 2. The van der Waals surface area contributed by atoms with E-state index >= 15 is 0 Å². The molecule has 3 unspecified atom stereocenters. The van der Waals surface area contributed by atoms with E-state index < -0.39 is 0 Å². The van der Waals surface area contributed by atoms with Crippen molar-refractivity contribution in [2.45, 2.75) is 44.2 Å². The number of amides is 1. The van der Waals surface area contributed by atoms with Crippen LogP contribution >= 0.6 is 11.6 Å². The van der Waals surface area contributed by atoms with Crippen LogP contribution in [0.15, 0.2) is 18.3 Å². The Kier molecular flexibility index (Phi) is 3.71. The molecule has 0 bridgehead atoms. The molecule has 102 valence electrons. The molecule has 2 N–H and O–H groups in total. The normalized spacial score (nSPS) is 29.8. The van der Waals surface area contributed by atoms with Crippen LogP contribution in [-0.2, 0) is 4.79 Å². The van der Waals surface area contributed by atoms with E-state index in [-0.39, 0.29) is 11.9 Å². The third-order valence-electron chi connectivity index (χ3n) is 4.17. The van der Waals surface area contributed by atoms with Crippen LogP contribution < -0.4 is 10.6 Å². The summed E-state index contributed by atoms with van der Waals surface area (Å²) >= 11 is 5.81. The fourth-order valence-electron chi connectivity index (χ4n) is 3.23. The molecule has 1 aliphatic carbocycles. The Hall–Kier alpha value is -1.13. The predicted molar refractivity (Wildman–Crippen MR) is 75.2 cm³/mol. The summed E-state index contributed by atoms with van der Waals surface area (Å²) in [7, 11) is 0. The first kappa shape index (κ1) is 12.9. The molecule has 1 aliphatic heterocycles. The molecule has 2 aliphatic rings. The molecule has 19 heavy (non-hydrogen) atoms. The van der Waals surface area contributed by atoms with Gasteiger partial charge in [0.05, 0.1) is 6.04 Å². The first-order chi connectivity index (χ1) is 9.22. The van der Waals surface area contributed by atoms with Gasteiger partial charge in [-0.25, -0.2) is 4.98 Å². The third-order valence-corrected chi connectivity index (χ3v) is 4.38. The van der Waals surface area contributed by atoms with Crippen LogP contribution in [0.1, 0.15) is 32.1 Å². The Morgan fingerprint density at radius 2 is 2.26 bits per heavy atom. The van der Waals surface area contributed by atoms with Gasteiger partial charge < -0.3 is 10.6 Å². The van der Waals surface area contributed by atoms with Gasteiger partial charge in [0.15, 0.2) is 0 Å². The topological polar surface area (TPSA) is 54.0 Å². The fourth-order valence-corrected chi connectivity index (χ4v) is 3.40. The van der Waals surface area contributed by atoms with Gasteiger partial charge in [0.1, 0.15) is 5.15 Å². The van der Waals surface area contributed by atoms with Crippen molar-refractivity contribution < 1.29 is 4.79 Å². The molecule has 0 radical (unpaired) electrons. The molecule has 1 aromatic heterocycles. The molecule has 1 saturated heterocycles. The molecule has 2 heterocycles. The van der Waals surface area contributed by atoms with Crippen molar-refractivity contribution in [1.29, 1.82) is 0 Å². The van der Waals surface area contributed by atoms with Crippen LogP contribution in [0.5, 0.6) is 0 Å². The van der Waals surface area contributed by atoms with Crippen LogP contribution in [0.2, 0.25) is 5.15 Å². The van der Waals surface area contributed by atoms with E-state index in [9.17, 15) is 4.79 Å². The summed E-state index contributed by atoms with van der Waals surface area (Å²) in [5.74, 6) is 0.710. The van der Waals surface area contributed by atoms with E-state index in [0.29, 0.717) is 22.8 Å². The highest BCUT2D eigenvalue weighted by atomic mass is 35.5. The van der Waals surface area contributed by atoms with Crippen molar-refractivity contribution in [1.82, 2.24) is 10.3 Å². The van der Waals surface area contributed by atoms with Crippen LogP contribution in [0.4, 0.5) is 5.69 Å². The minimum Gasteiger partial charge on any atom is -0.325 e. The van der Waals surface area contributed by atoms with Crippen LogP contribution in [0, 0.1) is 5.92 Å². The molecular weight excluding hydrogens is 262 g/mol. The van der Waals surface area contributed by atoms with E-state index in [1.165, 1.54) is 25.7 Å². The molecule has 2 fully saturated rings. The van der Waals surface area contributed by atoms with Crippen molar-refractivity contribution in [3.8, 4) is 0 Å². The van der Waals surface area contributed by atoms with Crippen molar-refractivity contribution in [2.24, 2.45) is 5.92 Å². The summed E-state index contributed by atoms with van der Waals surface area (Å²) in [6.07, 6.45) is 7.59. The summed E-state index contributed by atoms with van der Waals surface area (Å²) in [6.45, 7) is 0. The Morgan fingerprint density at radius 3 is 3.05 bits per heavy atom. The zero-order chi connectivity index (χ0) is 13.2. The van der Waals surface area contributed by atoms with Gasteiger partial charge >= 0.3 is 0 Å². The van der Waals surface area contributed by atoms with Gasteiger partial charge in [-0.2, -0.15) is 0 Å². The SMILES string of the molecule is O=C(Nc1ccnc(Cl)c1)C1CC2CCCCC2N1. The summed E-state index contributed by atoms with van der Waals surface area (Å²) in [5.41, 5.74) is 0.710. The second kappa shape index (κ2) is 5.47. The van der Waals surface area contributed by atoms with Crippen molar-refractivity contribution in [3.63, 3.8) is 0 Å². The number of fused-ring (bicyclic) bond motifs is 1. The lowest BCUT2D eigenvalue weighted by Gasteiger charge is -2.24. The number of hydrogen-bond donors (Lipinski definition) is 2. The highest BCUT2D eigenvalue weighted by Crippen LogP contribution is 2.33. The van der Waals surface area contributed by atoms with Gasteiger partial charge in [0, 0.05) is 17.9 Å². The maximum absolute atomic E-state index is 12.2. The summed E-state index contributed by atoms with van der Waals surface area (Å²) in [4.78, 5) is 16.1. The second-order valence-corrected chi connectivity index (χ2v) is 5.85. The monoisotopic (exact) mass is 279 g/mol. The number of hydrogen-bond acceptors (Lipinski definition) is 3. The first-order valence-electron chi connectivity index (χ1n) is 6.91. The first-order valence-corrected chi connectivity index (χ1v) is 7.28. The largest absolute Gasteiger partial charge is 0.325 e. The van der Waals surface area contributed by atoms with Gasteiger partial charge in [-0.3, -0.25) is 4.79 Å². The Labute approximate surface area is 117 Å². The molecule has 3 atom stereocenters. The van der Waals surface area contributed by atoms with Crippen molar-refractivity contribution >= 4 is 23.2 Å². The lowest BCUT2D eigenvalue weighted by Crippen LogP contribution is -2.39. The standard InChI is InChI=1S/C14H18ClN3O/c15-13-8-10(5-6-16-13)17-14(19)12-7-9-3-1-2-4-11(9)18-12/h5-6,8-9,11-12,18H,1-4,7H2,(H,16,17,19).